The number of aliphatic carboxylic acids is 1. The smallest absolute Gasteiger partial charge is 0.326 e. The molecule has 160 valence electrons. The van der Waals surface area contributed by atoms with Crippen molar-refractivity contribution in [3.8, 4) is 11.5 Å². The van der Waals surface area contributed by atoms with Crippen LogP contribution in [0.3, 0.4) is 0 Å². The van der Waals surface area contributed by atoms with Gasteiger partial charge in [0.2, 0.25) is 0 Å². The highest BCUT2D eigenvalue weighted by molar-refractivity contribution is 5.95. The molecule has 1 atom stereocenters. The average Bonchev–Trinajstić information content (AvgIpc) is 2.74. The van der Waals surface area contributed by atoms with Crippen molar-refractivity contribution in [3.63, 3.8) is 0 Å². The second-order valence-corrected chi connectivity index (χ2v) is 6.84. The third kappa shape index (κ3) is 5.92. The van der Waals surface area contributed by atoms with Crippen LogP contribution >= 0.6 is 0 Å². The van der Waals surface area contributed by atoms with Gasteiger partial charge in [0.25, 0.3) is 11.5 Å². The summed E-state index contributed by atoms with van der Waals surface area (Å²) in [6, 6.07) is 12.9. The van der Waals surface area contributed by atoms with Crippen molar-refractivity contribution < 1.29 is 24.5 Å². The number of hydrogen-bond acceptors (Lipinski definition) is 6. The van der Waals surface area contributed by atoms with E-state index in [1.54, 1.807) is 31.4 Å². The van der Waals surface area contributed by atoms with Crippen molar-refractivity contribution in [3.05, 3.63) is 87.6 Å². The quantitative estimate of drug-likeness (QED) is 0.430. The molecular weight excluding hydrogens is 402 g/mol. The summed E-state index contributed by atoms with van der Waals surface area (Å²) in [6.07, 6.45) is 0.277. The number of carboxylic acid groups (broad SMARTS) is 1. The summed E-state index contributed by atoms with van der Waals surface area (Å²) in [5.74, 6) is -0.991. The molecule has 1 heterocycles. The van der Waals surface area contributed by atoms with Gasteiger partial charge in [0.15, 0.2) is 0 Å². The number of amides is 1. The number of hydrogen-bond donors (Lipinski definition) is 4. The van der Waals surface area contributed by atoms with E-state index in [9.17, 15) is 24.6 Å². The molecule has 3 aromatic rings. The van der Waals surface area contributed by atoms with E-state index >= 15 is 0 Å². The van der Waals surface area contributed by atoms with Crippen LogP contribution in [0.1, 0.15) is 27.4 Å². The predicted molar refractivity (Wildman–Crippen MR) is 111 cm³/mol. The number of methoxy groups -OCH3 is 1. The van der Waals surface area contributed by atoms with Crippen molar-refractivity contribution >= 4 is 11.9 Å². The largest absolute Gasteiger partial charge is 0.508 e. The number of carboxylic acids is 1. The lowest BCUT2D eigenvalue weighted by Gasteiger charge is -2.14. The van der Waals surface area contributed by atoms with E-state index in [1.807, 2.05) is 12.1 Å². The number of phenolic OH excluding ortho intramolecular Hbond substituents is 1. The van der Waals surface area contributed by atoms with Crippen molar-refractivity contribution in [2.24, 2.45) is 0 Å². The first-order valence-corrected chi connectivity index (χ1v) is 9.39. The first kappa shape index (κ1) is 21.6. The van der Waals surface area contributed by atoms with Gasteiger partial charge in [-0.3, -0.25) is 9.59 Å². The lowest BCUT2D eigenvalue weighted by Crippen LogP contribution is -2.43. The Kier molecular flexibility index (Phi) is 6.66. The zero-order valence-electron chi connectivity index (χ0n) is 16.7. The van der Waals surface area contributed by atoms with E-state index < -0.39 is 23.5 Å². The summed E-state index contributed by atoms with van der Waals surface area (Å²) in [5, 5.41) is 21.2. The average molecular weight is 423 g/mol. The van der Waals surface area contributed by atoms with Gasteiger partial charge < -0.3 is 25.3 Å². The fraction of sp³-hybridized carbons (Fsp3) is 0.182. The lowest BCUT2D eigenvalue weighted by molar-refractivity contribution is -0.139. The minimum Gasteiger partial charge on any atom is -0.508 e. The molecule has 2 aromatic carbocycles. The summed E-state index contributed by atoms with van der Waals surface area (Å²) in [5.41, 5.74) is 0.764. The van der Waals surface area contributed by atoms with Gasteiger partial charge in [0.1, 0.15) is 29.1 Å². The lowest BCUT2D eigenvalue weighted by atomic mass is 10.1. The minimum absolute atomic E-state index is 0.00322. The Morgan fingerprint density at radius 3 is 2.35 bits per heavy atom. The molecule has 0 aliphatic heterocycles. The Labute approximate surface area is 177 Å². The van der Waals surface area contributed by atoms with Gasteiger partial charge in [-0.25, -0.2) is 9.78 Å². The zero-order valence-corrected chi connectivity index (χ0v) is 16.7. The van der Waals surface area contributed by atoms with E-state index in [4.69, 9.17) is 4.74 Å². The summed E-state index contributed by atoms with van der Waals surface area (Å²) in [4.78, 5) is 43.0. The van der Waals surface area contributed by atoms with Gasteiger partial charge in [-0.1, -0.05) is 24.3 Å². The number of aromatic nitrogens is 2. The zero-order chi connectivity index (χ0) is 22.4. The van der Waals surface area contributed by atoms with Crippen LogP contribution in [0.25, 0.3) is 0 Å². The molecule has 0 bridgehead atoms. The Balaban J connectivity index is 1.75. The van der Waals surface area contributed by atoms with E-state index in [1.165, 1.54) is 12.1 Å². The maximum atomic E-state index is 12.6. The molecular formula is C22H21N3O6. The molecule has 9 nitrogen and oxygen atoms in total. The van der Waals surface area contributed by atoms with Gasteiger partial charge in [0, 0.05) is 18.9 Å². The summed E-state index contributed by atoms with van der Waals surface area (Å²) >= 11 is 0. The molecule has 1 amide bonds. The molecule has 0 saturated heterocycles. The highest BCUT2D eigenvalue weighted by atomic mass is 16.5. The molecule has 0 aliphatic carbocycles. The number of aromatic amines is 1. The van der Waals surface area contributed by atoms with E-state index in [0.29, 0.717) is 11.3 Å². The van der Waals surface area contributed by atoms with Crippen LogP contribution in [0.4, 0.5) is 0 Å². The number of nitrogens with one attached hydrogen (secondary N) is 2. The molecule has 3 rings (SSSR count). The van der Waals surface area contributed by atoms with Gasteiger partial charge in [-0.15, -0.1) is 0 Å². The molecule has 0 spiro atoms. The topological polar surface area (TPSA) is 142 Å². The highest BCUT2D eigenvalue weighted by Crippen LogP contribution is 2.14. The molecule has 0 fully saturated rings. The standard InChI is InChI=1S/C22H21N3O6/c1-31-16-8-4-14(5-9-16)11-19-23-17(12-20(27)25-19)21(28)24-18(22(29)30)10-13-2-6-15(26)7-3-13/h2-9,12,18,26H,10-11H2,1H3,(H,24,28)(H,29,30)(H,23,25,27). The van der Waals surface area contributed by atoms with E-state index in [2.05, 4.69) is 15.3 Å². The fourth-order valence-corrected chi connectivity index (χ4v) is 2.94. The van der Waals surface area contributed by atoms with E-state index in [0.717, 1.165) is 11.6 Å². The van der Waals surface area contributed by atoms with Crippen molar-refractivity contribution in [2.75, 3.05) is 7.11 Å². The first-order valence-electron chi connectivity index (χ1n) is 9.39. The Bertz CT molecular complexity index is 1120. The molecule has 1 unspecified atom stereocenters. The number of ether oxygens (including phenoxy) is 1. The van der Waals surface area contributed by atoms with Crippen LogP contribution in [0.15, 0.2) is 59.4 Å². The number of aromatic hydroxyl groups is 1. The van der Waals surface area contributed by atoms with Crippen molar-refractivity contribution in [1.29, 1.82) is 0 Å². The third-order valence-corrected chi connectivity index (χ3v) is 4.53. The van der Waals surface area contributed by atoms with Gasteiger partial charge >= 0.3 is 5.97 Å². The number of nitrogens with zero attached hydrogens (tertiary/aromatic N) is 1. The molecule has 0 radical (unpaired) electrons. The fourth-order valence-electron chi connectivity index (χ4n) is 2.94. The number of benzene rings is 2. The van der Waals surface area contributed by atoms with Crippen LogP contribution in [-0.2, 0) is 17.6 Å². The SMILES string of the molecule is COc1ccc(Cc2nc(C(=O)NC(Cc3ccc(O)cc3)C(=O)O)cc(=O)[nH]2)cc1. The van der Waals surface area contributed by atoms with E-state index in [-0.39, 0.29) is 30.1 Å². The normalized spacial score (nSPS) is 11.5. The number of phenols is 1. The number of H-pyrrole nitrogens is 1. The number of carbonyl (C=O) groups excluding carboxylic acids is 1. The van der Waals surface area contributed by atoms with Crippen molar-refractivity contribution in [2.45, 2.75) is 18.9 Å². The molecule has 0 aliphatic rings. The van der Waals surface area contributed by atoms with Crippen LogP contribution in [-0.4, -0.2) is 45.2 Å². The number of rotatable bonds is 8. The Morgan fingerprint density at radius 2 is 1.74 bits per heavy atom. The summed E-state index contributed by atoms with van der Waals surface area (Å²) in [6.45, 7) is 0. The second kappa shape index (κ2) is 9.57. The van der Waals surface area contributed by atoms with Gasteiger partial charge in [-0.2, -0.15) is 0 Å². The van der Waals surface area contributed by atoms with Gasteiger partial charge in [0.05, 0.1) is 7.11 Å². The number of carbonyl (C=O) groups is 2. The monoisotopic (exact) mass is 423 g/mol. The van der Waals surface area contributed by atoms with Crippen LogP contribution in [0.5, 0.6) is 11.5 Å². The van der Waals surface area contributed by atoms with Crippen LogP contribution in [0, 0.1) is 0 Å². The summed E-state index contributed by atoms with van der Waals surface area (Å²) in [7, 11) is 1.56. The Hall–Kier alpha value is -4.14. The third-order valence-electron chi connectivity index (χ3n) is 4.53. The maximum absolute atomic E-state index is 12.6. The van der Waals surface area contributed by atoms with Crippen LogP contribution < -0.4 is 15.6 Å². The predicted octanol–water partition coefficient (Wildman–Crippen LogP) is 1.50. The second-order valence-electron chi connectivity index (χ2n) is 6.84. The Morgan fingerprint density at radius 1 is 1.10 bits per heavy atom. The van der Waals surface area contributed by atoms with Gasteiger partial charge in [-0.05, 0) is 35.4 Å². The van der Waals surface area contributed by atoms with Crippen LogP contribution in [0.2, 0.25) is 0 Å². The molecule has 9 heteroatoms. The van der Waals surface area contributed by atoms with Crippen molar-refractivity contribution in [1.82, 2.24) is 15.3 Å². The molecule has 0 saturated carbocycles. The minimum atomic E-state index is -1.23. The molecule has 4 N–H and O–H groups in total. The molecule has 31 heavy (non-hydrogen) atoms. The maximum Gasteiger partial charge on any atom is 0.326 e. The summed E-state index contributed by atoms with van der Waals surface area (Å²) < 4.78 is 5.11. The first-order chi connectivity index (χ1) is 14.8. The highest BCUT2D eigenvalue weighted by Gasteiger charge is 2.22. The molecule has 1 aromatic heterocycles.